The van der Waals surface area contributed by atoms with E-state index in [-0.39, 0.29) is 30.2 Å². The van der Waals surface area contributed by atoms with Gasteiger partial charge in [0.2, 0.25) is 11.8 Å². The van der Waals surface area contributed by atoms with E-state index >= 15 is 0 Å². The zero-order chi connectivity index (χ0) is 16.9. The number of carbonyl (C=O) groups is 3. The maximum absolute atomic E-state index is 12.2. The normalized spacial score (nSPS) is 18.7. The number of hydrogen-bond acceptors (Lipinski definition) is 4. The molecule has 0 bridgehead atoms. The van der Waals surface area contributed by atoms with Crippen molar-refractivity contribution in [1.82, 2.24) is 15.1 Å². The van der Waals surface area contributed by atoms with Gasteiger partial charge >= 0.3 is 0 Å². The number of hydrogen-bond donors (Lipinski definition) is 1. The van der Waals surface area contributed by atoms with Crippen LogP contribution in [0.1, 0.15) is 42.7 Å². The van der Waals surface area contributed by atoms with Crippen molar-refractivity contribution in [2.45, 2.75) is 38.1 Å². The van der Waals surface area contributed by atoms with Crippen LogP contribution in [0.25, 0.3) is 0 Å². The van der Waals surface area contributed by atoms with E-state index in [0.717, 1.165) is 25.7 Å². The standard InChI is InChI=1S/C17H23N3O4/c21-15(18-13-4-1-2-5-13)12-16(22)19-7-9-20(10-8-19)17(23)14-6-3-11-24-14/h3,6,11,13H,1-2,4-5,7-10,12H2,(H,18,21). The molecular formula is C17H23N3O4. The van der Waals surface area contributed by atoms with E-state index in [1.807, 2.05) is 0 Å². The van der Waals surface area contributed by atoms with Crippen molar-refractivity contribution in [3.05, 3.63) is 24.2 Å². The fourth-order valence-electron chi connectivity index (χ4n) is 3.31. The smallest absolute Gasteiger partial charge is 0.289 e. The molecule has 2 aliphatic rings. The molecule has 7 nitrogen and oxygen atoms in total. The Morgan fingerprint density at radius 2 is 1.75 bits per heavy atom. The molecule has 1 aliphatic carbocycles. The van der Waals surface area contributed by atoms with E-state index < -0.39 is 0 Å². The third-order valence-corrected chi connectivity index (χ3v) is 4.68. The van der Waals surface area contributed by atoms with Crippen LogP contribution < -0.4 is 5.32 Å². The number of carbonyl (C=O) groups excluding carboxylic acids is 3. The van der Waals surface area contributed by atoms with Crippen LogP contribution in [-0.4, -0.2) is 59.7 Å². The fourth-order valence-corrected chi connectivity index (χ4v) is 3.31. The Kier molecular flexibility index (Phi) is 5.17. The van der Waals surface area contributed by atoms with E-state index in [0.29, 0.717) is 31.9 Å². The van der Waals surface area contributed by atoms with Gasteiger partial charge in [0.15, 0.2) is 5.76 Å². The third-order valence-electron chi connectivity index (χ3n) is 4.68. The maximum Gasteiger partial charge on any atom is 0.289 e. The van der Waals surface area contributed by atoms with Gasteiger partial charge in [0.25, 0.3) is 5.91 Å². The van der Waals surface area contributed by atoms with Crippen molar-refractivity contribution in [3.63, 3.8) is 0 Å². The Balaban J connectivity index is 1.43. The van der Waals surface area contributed by atoms with Crippen molar-refractivity contribution in [3.8, 4) is 0 Å². The van der Waals surface area contributed by atoms with Crippen LogP contribution in [0.15, 0.2) is 22.8 Å². The molecule has 1 saturated heterocycles. The Morgan fingerprint density at radius 1 is 1.08 bits per heavy atom. The molecule has 1 aromatic heterocycles. The van der Waals surface area contributed by atoms with Crippen LogP contribution in [0, 0.1) is 0 Å². The number of rotatable bonds is 4. The molecule has 0 spiro atoms. The molecule has 3 rings (SSSR count). The summed E-state index contributed by atoms with van der Waals surface area (Å²) in [6.07, 6.45) is 5.66. The molecule has 2 fully saturated rings. The number of nitrogens with one attached hydrogen (secondary N) is 1. The lowest BCUT2D eigenvalue weighted by atomic mass is 10.2. The minimum Gasteiger partial charge on any atom is -0.459 e. The van der Waals surface area contributed by atoms with Crippen LogP contribution in [-0.2, 0) is 9.59 Å². The van der Waals surface area contributed by atoms with Crippen molar-refractivity contribution < 1.29 is 18.8 Å². The van der Waals surface area contributed by atoms with Crippen molar-refractivity contribution in [1.29, 1.82) is 0 Å². The molecule has 24 heavy (non-hydrogen) atoms. The second-order valence-electron chi connectivity index (χ2n) is 6.38. The highest BCUT2D eigenvalue weighted by atomic mass is 16.3. The molecule has 0 atom stereocenters. The first-order valence-corrected chi connectivity index (χ1v) is 8.53. The molecule has 0 radical (unpaired) electrons. The van der Waals surface area contributed by atoms with Gasteiger partial charge in [0, 0.05) is 32.2 Å². The third kappa shape index (κ3) is 3.96. The van der Waals surface area contributed by atoms with Gasteiger partial charge in [-0.3, -0.25) is 14.4 Å². The Bertz CT molecular complexity index is 585. The van der Waals surface area contributed by atoms with Crippen molar-refractivity contribution in [2.24, 2.45) is 0 Å². The minimum absolute atomic E-state index is 0.109. The number of amides is 3. The average molecular weight is 333 g/mol. The lowest BCUT2D eigenvalue weighted by Gasteiger charge is -2.34. The molecule has 1 aliphatic heterocycles. The molecular weight excluding hydrogens is 310 g/mol. The van der Waals surface area contributed by atoms with Crippen molar-refractivity contribution >= 4 is 17.7 Å². The predicted octanol–water partition coefficient (Wildman–Crippen LogP) is 1.01. The Hall–Kier alpha value is -2.31. The van der Waals surface area contributed by atoms with Gasteiger partial charge in [-0.25, -0.2) is 0 Å². The largest absolute Gasteiger partial charge is 0.459 e. The van der Waals surface area contributed by atoms with E-state index in [1.165, 1.54) is 6.26 Å². The molecule has 1 N–H and O–H groups in total. The summed E-state index contributed by atoms with van der Waals surface area (Å²) in [5.74, 6) is -0.214. The lowest BCUT2D eigenvalue weighted by Crippen LogP contribution is -2.51. The molecule has 1 aromatic rings. The van der Waals surface area contributed by atoms with Crippen LogP contribution in [0.5, 0.6) is 0 Å². The highest BCUT2D eigenvalue weighted by molar-refractivity contribution is 5.97. The second-order valence-corrected chi connectivity index (χ2v) is 6.38. The van der Waals surface area contributed by atoms with Gasteiger partial charge in [-0.15, -0.1) is 0 Å². The van der Waals surface area contributed by atoms with Gasteiger partial charge in [-0.1, -0.05) is 12.8 Å². The Morgan fingerprint density at radius 3 is 2.38 bits per heavy atom. The number of nitrogens with zero attached hydrogens (tertiary/aromatic N) is 2. The second kappa shape index (κ2) is 7.51. The first-order valence-electron chi connectivity index (χ1n) is 8.53. The topological polar surface area (TPSA) is 82.9 Å². The summed E-state index contributed by atoms with van der Waals surface area (Å²) in [5, 5.41) is 2.93. The van der Waals surface area contributed by atoms with Gasteiger partial charge in [0.1, 0.15) is 6.42 Å². The molecule has 130 valence electrons. The van der Waals surface area contributed by atoms with Crippen LogP contribution in [0.2, 0.25) is 0 Å². The van der Waals surface area contributed by atoms with E-state index in [4.69, 9.17) is 4.42 Å². The van der Waals surface area contributed by atoms with Crippen molar-refractivity contribution in [2.75, 3.05) is 26.2 Å². The SMILES string of the molecule is O=C(CC(=O)N1CCN(C(=O)c2ccco2)CC1)NC1CCCC1. The molecule has 3 amide bonds. The van der Waals surface area contributed by atoms with E-state index in [1.54, 1.807) is 21.9 Å². The summed E-state index contributed by atoms with van der Waals surface area (Å²) in [7, 11) is 0. The average Bonchev–Trinajstić information content (AvgIpc) is 3.27. The summed E-state index contributed by atoms with van der Waals surface area (Å²) < 4.78 is 5.11. The maximum atomic E-state index is 12.2. The molecule has 7 heteroatoms. The van der Waals surface area contributed by atoms with E-state index in [9.17, 15) is 14.4 Å². The van der Waals surface area contributed by atoms with Crippen LogP contribution in [0.3, 0.4) is 0 Å². The predicted molar refractivity (Wildman–Crippen MR) is 86.2 cm³/mol. The zero-order valence-electron chi connectivity index (χ0n) is 13.7. The molecule has 2 heterocycles. The minimum atomic E-state index is -0.194. The summed E-state index contributed by atoms with van der Waals surface area (Å²) >= 11 is 0. The fraction of sp³-hybridized carbons (Fsp3) is 0.588. The zero-order valence-corrected chi connectivity index (χ0v) is 13.7. The van der Waals surface area contributed by atoms with Gasteiger partial charge in [-0.2, -0.15) is 0 Å². The van der Waals surface area contributed by atoms with Crippen LogP contribution >= 0.6 is 0 Å². The highest BCUT2D eigenvalue weighted by Crippen LogP contribution is 2.17. The molecule has 0 aromatic carbocycles. The quantitative estimate of drug-likeness (QED) is 0.834. The number of piperazine rings is 1. The molecule has 0 unspecified atom stereocenters. The summed E-state index contributed by atoms with van der Waals surface area (Å²) in [6, 6.07) is 3.54. The Labute approximate surface area is 141 Å². The monoisotopic (exact) mass is 333 g/mol. The summed E-state index contributed by atoms with van der Waals surface area (Å²) in [5.41, 5.74) is 0. The van der Waals surface area contributed by atoms with Gasteiger partial charge in [-0.05, 0) is 25.0 Å². The first-order chi connectivity index (χ1) is 11.6. The lowest BCUT2D eigenvalue weighted by molar-refractivity contribution is -0.137. The number of furan rings is 1. The van der Waals surface area contributed by atoms with Gasteiger partial charge < -0.3 is 19.5 Å². The summed E-state index contributed by atoms with van der Waals surface area (Å²) in [4.78, 5) is 39.7. The molecule has 1 saturated carbocycles. The first kappa shape index (κ1) is 16.5. The highest BCUT2D eigenvalue weighted by Gasteiger charge is 2.27. The summed E-state index contributed by atoms with van der Waals surface area (Å²) in [6.45, 7) is 1.80. The van der Waals surface area contributed by atoms with Gasteiger partial charge in [0.05, 0.1) is 6.26 Å². The van der Waals surface area contributed by atoms with Crippen LogP contribution in [0.4, 0.5) is 0 Å². The van der Waals surface area contributed by atoms with E-state index in [2.05, 4.69) is 5.32 Å².